The van der Waals surface area contributed by atoms with Gasteiger partial charge in [0.05, 0.1) is 16.1 Å². The molecule has 0 saturated heterocycles. The molecule has 5 rings (SSSR count). The van der Waals surface area contributed by atoms with Gasteiger partial charge in [0.2, 0.25) is 0 Å². The second-order valence-electron chi connectivity index (χ2n) is 7.05. The molecule has 5 aromatic rings. The number of fused-ring (bicyclic) bond motifs is 1. The number of anilines is 1. The van der Waals surface area contributed by atoms with Crippen molar-refractivity contribution >= 4 is 34.2 Å². The maximum Gasteiger partial charge on any atom is 0.344 e. The van der Waals surface area contributed by atoms with E-state index in [0.717, 1.165) is 5.39 Å². The first-order valence-electron chi connectivity index (χ1n) is 9.68. The van der Waals surface area contributed by atoms with Crippen LogP contribution in [0.25, 0.3) is 27.8 Å². The number of hydrogen-bond acceptors (Lipinski definition) is 5. The number of nitrogens with one attached hydrogen (secondary N) is 1. The van der Waals surface area contributed by atoms with Gasteiger partial charge < -0.3 is 9.73 Å². The minimum absolute atomic E-state index is 0.317. The van der Waals surface area contributed by atoms with E-state index in [1.165, 1.54) is 12.7 Å². The molecule has 1 amide bonds. The van der Waals surface area contributed by atoms with Crippen molar-refractivity contribution in [3.05, 3.63) is 106 Å². The van der Waals surface area contributed by atoms with Gasteiger partial charge in [-0.3, -0.25) is 9.36 Å². The molecule has 2 aromatic heterocycles. The fourth-order valence-electron chi connectivity index (χ4n) is 3.38. The van der Waals surface area contributed by atoms with Gasteiger partial charge in [-0.1, -0.05) is 41.9 Å². The molecular weight excluding hydrogens is 428 g/mol. The number of rotatable bonds is 4. The molecule has 7 nitrogen and oxygen atoms in total. The van der Waals surface area contributed by atoms with E-state index >= 15 is 0 Å². The number of para-hydroxylation sites is 1. The van der Waals surface area contributed by atoms with E-state index in [9.17, 15) is 9.59 Å². The molecule has 156 valence electrons. The summed E-state index contributed by atoms with van der Waals surface area (Å²) in [6.45, 7) is 0. The highest BCUT2D eigenvalue weighted by molar-refractivity contribution is 6.34. The fraction of sp³-hybridized carbons (Fsp3) is 0. The van der Waals surface area contributed by atoms with Crippen molar-refractivity contribution in [1.82, 2.24) is 14.8 Å². The third-order valence-electron chi connectivity index (χ3n) is 5.01. The Labute approximate surface area is 186 Å². The molecule has 0 bridgehead atoms. The minimum atomic E-state index is -0.418. The van der Waals surface area contributed by atoms with E-state index in [-0.39, 0.29) is 5.91 Å². The average Bonchev–Trinajstić information content (AvgIpc) is 3.34. The lowest BCUT2D eigenvalue weighted by Crippen LogP contribution is -2.13. The molecular formula is C24H15ClN4O3. The van der Waals surface area contributed by atoms with Gasteiger partial charge in [0.15, 0.2) is 0 Å². The molecule has 0 aliphatic carbocycles. The number of halogens is 1. The van der Waals surface area contributed by atoms with Crippen LogP contribution in [0.3, 0.4) is 0 Å². The van der Waals surface area contributed by atoms with Crippen LogP contribution >= 0.6 is 11.6 Å². The van der Waals surface area contributed by atoms with Crippen molar-refractivity contribution in [1.29, 1.82) is 0 Å². The van der Waals surface area contributed by atoms with Crippen LogP contribution in [0.4, 0.5) is 5.69 Å². The van der Waals surface area contributed by atoms with Gasteiger partial charge in [0.1, 0.15) is 18.2 Å². The number of carbonyl (C=O) groups is 1. The first-order chi connectivity index (χ1) is 15.6. The predicted molar refractivity (Wildman–Crippen MR) is 122 cm³/mol. The van der Waals surface area contributed by atoms with E-state index in [0.29, 0.717) is 38.7 Å². The van der Waals surface area contributed by atoms with Crippen molar-refractivity contribution in [3.8, 4) is 16.8 Å². The van der Waals surface area contributed by atoms with E-state index in [4.69, 9.17) is 16.0 Å². The van der Waals surface area contributed by atoms with Crippen molar-refractivity contribution < 1.29 is 9.21 Å². The average molecular weight is 443 g/mol. The van der Waals surface area contributed by atoms with Crippen molar-refractivity contribution in [3.63, 3.8) is 0 Å². The summed E-state index contributed by atoms with van der Waals surface area (Å²) in [5.74, 6) is -0.358. The smallest absolute Gasteiger partial charge is 0.344 e. The van der Waals surface area contributed by atoms with Gasteiger partial charge in [-0.2, -0.15) is 0 Å². The Bertz CT molecular complexity index is 1490. The zero-order valence-electron chi connectivity index (χ0n) is 16.5. The van der Waals surface area contributed by atoms with Gasteiger partial charge in [0, 0.05) is 16.8 Å². The minimum Gasteiger partial charge on any atom is -0.422 e. The van der Waals surface area contributed by atoms with Crippen LogP contribution in [0.15, 0.2) is 94.7 Å². The molecule has 32 heavy (non-hydrogen) atoms. The van der Waals surface area contributed by atoms with Crippen molar-refractivity contribution in [2.45, 2.75) is 0 Å². The Morgan fingerprint density at radius 3 is 2.47 bits per heavy atom. The van der Waals surface area contributed by atoms with Crippen LogP contribution in [0.1, 0.15) is 10.4 Å². The number of hydrogen-bond donors (Lipinski definition) is 1. The number of amides is 1. The first kappa shape index (κ1) is 19.7. The van der Waals surface area contributed by atoms with Crippen LogP contribution in [-0.4, -0.2) is 20.7 Å². The van der Waals surface area contributed by atoms with E-state index < -0.39 is 5.63 Å². The number of carbonyl (C=O) groups excluding carboxylic acids is 1. The highest BCUT2D eigenvalue weighted by Gasteiger charge is 2.13. The summed E-state index contributed by atoms with van der Waals surface area (Å²) < 4.78 is 7.08. The predicted octanol–water partition coefficient (Wildman–Crippen LogP) is 4.95. The summed E-state index contributed by atoms with van der Waals surface area (Å²) in [6.07, 6.45) is 3.07. The molecule has 0 atom stereocenters. The molecule has 0 aliphatic heterocycles. The first-order valence-corrected chi connectivity index (χ1v) is 10.1. The Kier molecular flexibility index (Phi) is 5.01. The highest BCUT2D eigenvalue weighted by atomic mass is 35.5. The molecule has 0 saturated carbocycles. The summed E-state index contributed by atoms with van der Waals surface area (Å²) in [7, 11) is 0. The standard InChI is InChI=1S/C24H15ClN4O3/c25-21-10-9-18(29-13-26-27-14-29)12-20(21)23(30)28-17-7-5-15(6-8-17)19-11-16-3-1-2-4-22(16)32-24(19)31/h1-14H,(H,28,30). The molecule has 0 radical (unpaired) electrons. The number of aromatic nitrogens is 3. The Morgan fingerprint density at radius 2 is 1.69 bits per heavy atom. The topological polar surface area (TPSA) is 90.0 Å². The second-order valence-corrected chi connectivity index (χ2v) is 7.46. The van der Waals surface area contributed by atoms with Gasteiger partial charge in [-0.05, 0) is 48.0 Å². The van der Waals surface area contributed by atoms with Gasteiger partial charge in [-0.25, -0.2) is 4.79 Å². The molecule has 0 spiro atoms. The Balaban J connectivity index is 1.40. The molecule has 3 aromatic carbocycles. The maximum absolute atomic E-state index is 12.8. The quantitative estimate of drug-likeness (QED) is 0.398. The molecule has 0 unspecified atom stereocenters. The lowest BCUT2D eigenvalue weighted by molar-refractivity contribution is 0.102. The van der Waals surface area contributed by atoms with Crippen LogP contribution < -0.4 is 10.9 Å². The molecule has 2 heterocycles. The van der Waals surface area contributed by atoms with Crippen LogP contribution in [0, 0.1) is 0 Å². The van der Waals surface area contributed by atoms with Crippen LogP contribution in [0.2, 0.25) is 5.02 Å². The summed E-state index contributed by atoms with van der Waals surface area (Å²) >= 11 is 6.24. The Hall–Kier alpha value is -4.23. The van der Waals surface area contributed by atoms with E-state index in [1.54, 1.807) is 59.2 Å². The lowest BCUT2D eigenvalue weighted by atomic mass is 10.1. The molecule has 0 aliphatic rings. The third kappa shape index (κ3) is 3.77. The summed E-state index contributed by atoms with van der Waals surface area (Å²) in [5, 5.41) is 11.5. The van der Waals surface area contributed by atoms with Gasteiger partial charge in [-0.15, -0.1) is 10.2 Å². The highest BCUT2D eigenvalue weighted by Crippen LogP contribution is 2.24. The zero-order valence-corrected chi connectivity index (χ0v) is 17.3. The summed E-state index contributed by atoms with van der Waals surface area (Å²) in [4.78, 5) is 25.2. The van der Waals surface area contributed by atoms with Crippen LogP contribution in [0.5, 0.6) is 0 Å². The monoisotopic (exact) mass is 442 g/mol. The summed E-state index contributed by atoms with van der Waals surface area (Å²) in [6, 6.07) is 21.2. The largest absolute Gasteiger partial charge is 0.422 e. The normalized spacial score (nSPS) is 10.9. The zero-order chi connectivity index (χ0) is 22.1. The molecule has 8 heteroatoms. The van der Waals surface area contributed by atoms with E-state index in [2.05, 4.69) is 15.5 Å². The van der Waals surface area contributed by atoms with Crippen LogP contribution in [-0.2, 0) is 0 Å². The second kappa shape index (κ2) is 8.13. The lowest BCUT2D eigenvalue weighted by Gasteiger charge is -2.10. The number of nitrogens with zero attached hydrogens (tertiary/aromatic N) is 3. The molecule has 1 N–H and O–H groups in total. The fourth-order valence-corrected chi connectivity index (χ4v) is 3.58. The van der Waals surface area contributed by atoms with Gasteiger partial charge >= 0.3 is 5.63 Å². The van der Waals surface area contributed by atoms with Crippen molar-refractivity contribution in [2.24, 2.45) is 0 Å². The maximum atomic E-state index is 12.8. The Morgan fingerprint density at radius 1 is 0.938 bits per heavy atom. The van der Waals surface area contributed by atoms with E-state index in [1.807, 2.05) is 18.2 Å². The van der Waals surface area contributed by atoms with Gasteiger partial charge in [0.25, 0.3) is 5.91 Å². The summed E-state index contributed by atoms with van der Waals surface area (Å²) in [5.41, 5.74) is 2.85. The number of benzene rings is 3. The SMILES string of the molecule is O=C(Nc1ccc(-c2cc3ccccc3oc2=O)cc1)c1cc(-n2cnnc2)ccc1Cl. The van der Waals surface area contributed by atoms with Crippen molar-refractivity contribution in [2.75, 3.05) is 5.32 Å². The molecule has 0 fully saturated rings. The third-order valence-corrected chi connectivity index (χ3v) is 5.34.